The van der Waals surface area contributed by atoms with Crippen LogP contribution in [-0.2, 0) is 6.54 Å². The lowest BCUT2D eigenvalue weighted by Crippen LogP contribution is -2.35. The summed E-state index contributed by atoms with van der Waals surface area (Å²) in [7, 11) is 0. The van der Waals surface area contributed by atoms with Crippen molar-refractivity contribution in [2.75, 3.05) is 0 Å². The zero-order chi connectivity index (χ0) is 13.1. The standard InChI is InChI=1S/C12H14BrN3OS/c1-8-6-10(18-11(8)13)12(17)15-9(2)7-16-5-3-4-14-16/h3-6,9H,7H2,1-2H3,(H,15,17). The molecule has 0 aromatic carbocycles. The number of aryl methyl sites for hydroxylation is 1. The summed E-state index contributed by atoms with van der Waals surface area (Å²) in [6.07, 6.45) is 3.61. The Morgan fingerprint density at radius 3 is 3.00 bits per heavy atom. The Morgan fingerprint density at radius 2 is 2.44 bits per heavy atom. The Labute approximate surface area is 118 Å². The number of carbonyl (C=O) groups is 1. The molecule has 6 heteroatoms. The molecule has 0 radical (unpaired) electrons. The van der Waals surface area contributed by atoms with Crippen LogP contribution < -0.4 is 5.32 Å². The Morgan fingerprint density at radius 1 is 1.67 bits per heavy atom. The molecule has 1 amide bonds. The molecular formula is C12H14BrN3OS. The summed E-state index contributed by atoms with van der Waals surface area (Å²) in [5.74, 6) is -0.0338. The van der Waals surface area contributed by atoms with Gasteiger partial charge in [0.2, 0.25) is 0 Å². The maximum Gasteiger partial charge on any atom is 0.261 e. The highest BCUT2D eigenvalue weighted by Gasteiger charge is 2.13. The fraction of sp³-hybridized carbons (Fsp3) is 0.333. The number of nitrogens with zero attached hydrogens (tertiary/aromatic N) is 2. The van der Waals surface area contributed by atoms with Gasteiger partial charge in [0.25, 0.3) is 5.91 Å². The van der Waals surface area contributed by atoms with Crippen molar-refractivity contribution in [2.45, 2.75) is 26.4 Å². The molecule has 1 atom stereocenters. The van der Waals surface area contributed by atoms with Gasteiger partial charge in [0.15, 0.2) is 0 Å². The van der Waals surface area contributed by atoms with Crippen LogP contribution in [0.1, 0.15) is 22.2 Å². The van der Waals surface area contributed by atoms with Gasteiger partial charge < -0.3 is 5.32 Å². The summed E-state index contributed by atoms with van der Waals surface area (Å²) >= 11 is 4.88. The van der Waals surface area contributed by atoms with Crippen molar-refractivity contribution in [3.05, 3.63) is 38.8 Å². The first-order valence-corrected chi connectivity index (χ1v) is 7.21. The average molecular weight is 328 g/mol. The van der Waals surface area contributed by atoms with E-state index in [1.807, 2.05) is 32.2 Å². The maximum atomic E-state index is 12.0. The second-order valence-corrected chi connectivity index (χ2v) is 6.54. The van der Waals surface area contributed by atoms with E-state index in [4.69, 9.17) is 0 Å². The van der Waals surface area contributed by atoms with E-state index in [2.05, 4.69) is 26.3 Å². The predicted octanol–water partition coefficient (Wildman–Crippen LogP) is 2.83. The van der Waals surface area contributed by atoms with E-state index in [1.165, 1.54) is 11.3 Å². The van der Waals surface area contributed by atoms with Crippen molar-refractivity contribution in [3.63, 3.8) is 0 Å². The van der Waals surface area contributed by atoms with Gasteiger partial charge in [-0.2, -0.15) is 5.10 Å². The summed E-state index contributed by atoms with van der Waals surface area (Å²) in [6, 6.07) is 3.80. The fourth-order valence-electron chi connectivity index (χ4n) is 1.60. The number of halogens is 1. The molecule has 96 valence electrons. The van der Waals surface area contributed by atoms with Gasteiger partial charge in [-0.25, -0.2) is 0 Å². The van der Waals surface area contributed by atoms with Crippen LogP contribution in [-0.4, -0.2) is 21.7 Å². The molecule has 0 bridgehead atoms. The van der Waals surface area contributed by atoms with Gasteiger partial charge in [0, 0.05) is 18.4 Å². The van der Waals surface area contributed by atoms with E-state index in [9.17, 15) is 4.79 Å². The molecule has 2 aromatic rings. The van der Waals surface area contributed by atoms with E-state index in [1.54, 1.807) is 10.9 Å². The van der Waals surface area contributed by atoms with E-state index in [0.717, 1.165) is 14.2 Å². The van der Waals surface area contributed by atoms with Crippen molar-refractivity contribution in [1.82, 2.24) is 15.1 Å². The topological polar surface area (TPSA) is 46.9 Å². The Bertz CT molecular complexity index is 516. The molecule has 0 saturated heterocycles. The summed E-state index contributed by atoms with van der Waals surface area (Å²) in [5.41, 5.74) is 1.09. The number of thiophene rings is 1. The normalized spacial score (nSPS) is 12.4. The lowest BCUT2D eigenvalue weighted by molar-refractivity contribution is 0.0940. The zero-order valence-corrected chi connectivity index (χ0v) is 12.6. The molecule has 1 unspecified atom stereocenters. The zero-order valence-electron chi connectivity index (χ0n) is 10.2. The van der Waals surface area contributed by atoms with Crippen molar-refractivity contribution >= 4 is 33.2 Å². The molecule has 2 aromatic heterocycles. The smallest absolute Gasteiger partial charge is 0.261 e. The van der Waals surface area contributed by atoms with Crippen LogP contribution in [0.3, 0.4) is 0 Å². The Kier molecular flexibility index (Phi) is 4.19. The molecule has 2 rings (SSSR count). The van der Waals surface area contributed by atoms with Crippen LogP contribution in [0.2, 0.25) is 0 Å². The summed E-state index contributed by atoms with van der Waals surface area (Å²) < 4.78 is 2.81. The number of hydrogen-bond acceptors (Lipinski definition) is 3. The van der Waals surface area contributed by atoms with Crippen LogP contribution in [0.15, 0.2) is 28.3 Å². The third-order valence-corrected chi connectivity index (χ3v) is 4.61. The molecule has 0 fully saturated rings. The summed E-state index contributed by atoms with van der Waals surface area (Å²) in [6.45, 7) is 4.61. The third kappa shape index (κ3) is 3.20. The number of rotatable bonds is 4. The van der Waals surface area contributed by atoms with Gasteiger partial charge >= 0.3 is 0 Å². The van der Waals surface area contributed by atoms with Gasteiger partial charge in [0.05, 0.1) is 15.2 Å². The van der Waals surface area contributed by atoms with Crippen molar-refractivity contribution in [2.24, 2.45) is 0 Å². The van der Waals surface area contributed by atoms with Gasteiger partial charge in [-0.1, -0.05) is 0 Å². The van der Waals surface area contributed by atoms with Crippen LogP contribution in [0, 0.1) is 6.92 Å². The molecule has 0 aliphatic rings. The van der Waals surface area contributed by atoms with E-state index >= 15 is 0 Å². The van der Waals surface area contributed by atoms with Crippen LogP contribution in [0.25, 0.3) is 0 Å². The first kappa shape index (κ1) is 13.3. The summed E-state index contributed by atoms with van der Waals surface area (Å²) in [4.78, 5) is 12.7. The molecular weight excluding hydrogens is 314 g/mol. The third-order valence-electron chi connectivity index (χ3n) is 2.48. The number of carbonyl (C=O) groups excluding carboxylic acids is 1. The Balaban J connectivity index is 1.94. The minimum absolute atomic E-state index is 0.0338. The predicted molar refractivity (Wildman–Crippen MR) is 75.9 cm³/mol. The van der Waals surface area contributed by atoms with Crippen LogP contribution >= 0.6 is 27.3 Å². The fourth-order valence-corrected chi connectivity index (χ4v) is 3.04. The summed E-state index contributed by atoms with van der Waals surface area (Å²) in [5, 5.41) is 7.08. The highest BCUT2D eigenvalue weighted by Crippen LogP contribution is 2.27. The maximum absolute atomic E-state index is 12.0. The van der Waals surface area contributed by atoms with Gasteiger partial charge in [-0.15, -0.1) is 11.3 Å². The largest absolute Gasteiger partial charge is 0.347 e. The SMILES string of the molecule is Cc1cc(C(=O)NC(C)Cn2cccn2)sc1Br. The van der Waals surface area contributed by atoms with Crippen molar-refractivity contribution in [3.8, 4) is 0 Å². The number of aromatic nitrogens is 2. The quantitative estimate of drug-likeness (QED) is 0.938. The number of nitrogens with one attached hydrogen (secondary N) is 1. The van der Waals surface area contributed by atoms with Crippen molar-refractivity contribution in [1.29, 1.82) is 0 Å². The molecule has 1 N–H and O–H groups in total. The van der Waals surface area contributed by atoms with Crippen LogP contribution in [0.4, 0.5) is 0 Å². The minimum Gasteiger partial charge on any atom is -0.347 e. The minimum atomic E-state index is -0.0338. The van der Waals surface area contributed by atoms with Gasteiger partial charge in [0.1, 0.15) is 0 Å². The lowest BCUT2D eigenvalue weighted by atomic mass is 10.3. The van der Waals surface area contributed by atoms with Crippen LogP contribution in [0.5, 0.6) is 0 Å². The lowest BCUT2D eigenvalue weighted by Gasteiger charge is -2.13. The number of hydrogen-bond donors (Lipinski definition) is 1. The van der Waals surface area contributed by atoms with Gasteiger partial charge in [-0.3, -0.25) is 9.48 Å². The molecule has 0 saturated carbocycles. The highest BCUT2D eigenvalue weighted by atomic mass is 79.9. The van der Waals surface area contributed by atoms with Gasteiger partial charge in [-0.05, 0) is 47.5 Å². The van der Waals surface area contributed by atoms with E-state index in [-0.39, 0.29) is 11.9 Å². The van der Waals surface area contributed by atoms with Crippen molar-refractivity contribution < 1.29 is 4.79 Å². The Hall–Kier alpha value is -1.14. The van der Waals surface area contributed by atoms with E-state index in [0.29, 0.717) is 6.54 Å². The molecule has 0 aliphatic carbocycles. The molecule has 2 heterocycles. The highest BCUT2D eigenvalue weighted by molar-refractivity contribution is 9.11. The molecule has 0 spiro atoms. The number of amides is 1. The monoisotopic (exact) mass is 327 g/mol. The molecule has 0 aliphatic heterocycles. The first-order chi connectivity index (χ1) is 8.56. The molecule has 18 heavy (non-hydrogen) atoms. The van der Waals surface area contributed by atoms with E-state index < -0.39 is 0 Å². The second-order valence-electron chi connectivity index (χ2n) is 4.17. The molecule has 4 nitrogen and oxygen atoms in total. The first-order valence-electron chi connectivity index (χ1n) is 5.60. The second kappa shape index (κ2) is 5.67. The average Bonchev–Trinajstić information content (AvgIpc) is 2.90.